The first-order chi connectivity index (χ1) is 9.77. The lowest BCUT2D eigenvalue weighted by Crippen LogP contribution is -2.53. The quantitative estimate of drug-likeness (QED) is 0.912. The fraction of sp³-hybridized carbons (Fsp3) is 0.533. The summed E-state index contributed by atoms with van der Waals surface area (Å²) in [6, 6.07) is 3.77. The van der Waals surface area contributed by atoms with E-state index in [4.69, 9.17) is 5.73 Å². The number of amides is 1. The van der Waals surface area contributed by atoms with Gasteiger partial charge < -0.3 is 10.6 Å². The zero-order valence-electron chi connectivity index (χ0n) is 11.7. The topological polar surface area (TPSA) is 46.3 Å². The molecule has 1 aromatic carbocycles. The third kappa shape index (κ3) is 2.12. The maximum atomic E-state index is 13.0. The fourth-order valence-electron chi connectivity index (χ4n) is 3.61. The van der Waals surface area contributed by atoms with Gasteiger partial charge in [0.2, 0.25) is 0 Å². The normalized spacial score (nSPS) is 27.7. The number of carbonyl (C=O) groups is 1. The van der Waals surface area contributed by atoms with Gasteiger partial charge in [0.15, 0.2) is 0 Å². The Morgan fingerprint density at radius 3 is 2.67 bits per heavy atom. The Kier molecular flexibility index (Phi) is 3.06. The molecule has 3 fully saturated rings. The molecule has 0 atom stereocenters. The summed E-state index contributed by atoms with van der Waals surface area (Å²) < 4.78 is 38.9. The first-order valence-electron chi connectivity index (χ1n) is 6.97. The van der Waals surface area contributed by atoms with Crippen molar-refractivity contribution in [3.05, 3.63) is 34.9 Å². The highest BCUT2D eigenvalue weighted by Gasteiger charge is 2.56. The van der Waals surface area contributed by atoms with Crippen LogP contribution in [0.15, 0.2) is 18.2 Å². The standard InChI is InChI=1S/C15H17F3N2O/c1-9-2-3-11(4-12(9)15(16,17)18)13(21)20-7-10-5-14(20,6-10)8-19/h2-4,10H,5-8,19H2,1H3. The van der Waals surface area contributed by atoms with E-state index in [-0.39, 0.29) is 22.6 Å². The highest BCUT2D eigenvalue weighted by molar-refractivity contribution is 5.95. The summed E-state index contributed by atoms with van der Waals surface area (Å²) in [7, 11) is 0. The van der Waals surface area contributed by atoms with Gasteiger partial charge >= 0.3 is 6.18 Å². The molecule has 114 valence electrons. The number of alkyl halides is 3. The van der Waals surface area contributed by atoms with Crippen LogP contribution in [0.2, 0.25) is 0 Å². The first-order valence-corrected chi connectivity index (χ1v) is 6.97. The summed E-state index contributed by atoms with van der Waals surface area (Å²) in [5, 5.41) is 0. The monoisotopic (exact) mass is 298 g/mol. The molecular weight excluding hydrogens is 281 g/mol. The Bertz CT molecular complexity index is 591. The molecule has 0 spiro atoms. The first kappa shape index (κ1) is 14.4. The second kappa shape index (κ2) is 4.47. The summed E-state index contributed by atoms with van der Waals surface area (Å²) in [5.74, 6) is 0.107. The maximum Gasteiger partial charge on any atom is 0.416 e. The highest BCUT2D eigenvalue weighted by atomic mass is 19.4. The van der Waals surface area contributed by atoms with Crippen molar-refractivity contribution in [2.45, 2.75) is 31.5 Å². The zero-order chi connectivity index (χ0) is 15.4. The van der Waals surface area contributed by atoms with Gasteiger partial charge in [-0.2, -0.15) is 13.2 Å². The van der Waals surface area contributed by atoms with E-state index in [0.29, 0.717) is 19.0 Å². The van der Waals surface area contributed by atoms with Crippen molar-refractivity contribution in [2.75, 3.05) is 13.1 Å². The number of fused-ring (bicyclic) bond motifs is 1. The number of nitrogens with two attached hydrogens (primary N) is 1. The Morgan fingerprint density at radius 2 is 2.10 bits per heavy atom. The van der Waals surface area contributed by atoms with E-state index in [0.717, 1.165) is 18.9 Å². The SMILES string of the molecule is Cc1ccc(C(=O)N2CC3CC2(CN)C3)cc1C(F)(F)F. The molecule has 4 rings (SSSR count). The van der Waals surface area contributed by atoms with Crippen LogP contribution in [0, 0.1) is 12.8 Å². The lowest BCUT2D eigenvalue weighted by atomic mass is 9.73. The molecule has 1 aliphatic carbocycles. The molecule has 21 heavy (non-hydrogen) atoms. The minimum absolute atomic E-state index is 0.0910. The third-order valence-corrected chi connectivity index (χ3v) is 4.77. The molecule has 2 heterocycles. The molecular formula is C15H17F3N2O. The van der Waals surface area contributed by atoms with Gasteiger partial charge in [-0.15, -0.1) is 0 Å². The number of aryl methyl sites for hydroxylation is 1. The number of nitrogens with zero attached hydrogens (tertiary/aromatic N) is 1. The van der Waals surface area contributed by atoms with Crippen LogP contribution < -0.4 is 5.73 Å². The Labute approximate surface area is 120 Å². The van der Waals surface area contributed by atoms with Crippen molar-refractivity contribution >= 4 is 5.91 Å². The Morgan fingerprint density at radius 1 is 1.43 bits per heavy atom. The number of hydrogen-bond donors (Lipinski definition) is 1. The average molecular weight is 298 g/mol. The lowest BCUT2D eigenvalue weighted by Gasteiger charge is -2.41. The summed E-state index contributed by atoms with van der Waals surface area (Å²) in [6.45, 7) is 2.36. The van der Waals surface area contributed by atoms with Crippen LogP contribution in [0.5, 0.6) is 0 Å². The van der Waals surface area contributed by atoms with Crippen LogP contribution in [0.1, 0.15) is 34.3 Å². The van der Waals surface area contributed by atoms with E-state index in [1.54, 1.807) is 4.90 Å². The Balaban J connectivity index is 1.93. The predicted octanol–water partition coefficient (Wildman–Crippen LogP) is 2.58. The zero-order valence-corrected chi connectivity index (χ0v) is 11.7. The summed E-state index contributed by atoms with van der Waals surface area (Å²) in [4.78, 5) is 14.2. The summed E-state index contributed by atoms with van der Waals surface area (Å²) in [5.41, 5.74) is 4.90. The summed E-state index contributed by atoms with van der Waals surface area (Å²) in [6.07, 6.45) is -2.71. The molecule has 2 bridgehead atoms. The van der Waals surface area contributed by atoms with Crippen molar-refractivity contribution in [1.29, 1.82) is 0 Å². The molecule has 6 heteroatoms. The Hall–Kier alpha value is -1.56. The molecule has 1 saturated carbocycles. The second-order valence-electron chi connectivity index (χ2n) is 6.15. The van der Waals surface area contributed by atoms with E-state index in [1.165, 1.54) is 19.1 Å². The van der Waals surface area contributed by atoms with Crippen LogP contribution in [-0.4, -0.2) is 29.4 Å². The van der Waals surface area contributed by atoms with Gasteiger partial charge in [0.1, 0.15) is 0 Å². The van der Waals surface area contributed by atoms with Crippen LogP contribution in [0.3, 0.4) is 0 Å². The number of hydrogen-bond acceptors (Lipinski definition) is 2. The molecule has 0 unspecified atom stereocenters. The van der Waals surface area contributed by atoms with Gasteiger partial charge in [0.05, 0.1) is 11.1 Å². The minimum atomic E-state index is -4.45. The summed E-state index contributed by atoms with van der Waals surface area (Å²) >= 11 is 0. The van der Waals surface area contributed by atoms with Crippen LogP contribution >= 0.6 is 0 Å². The van der Waals surface area contributed by atoms with E-state index in [9.17, 15) is 18.0 Å². The molecule has 1 aromatic rings. The average Bonchev–Trinajstić information content (AvgIpc) is 2.91. The smallest absolute Gasteiger partial charge is 0.331 e. The van der Waals surface area contributed by atoms with Gasteiger partial charge in [-0.1, -0.05) is 6.07 Å². The highest BCUT2D eigenvalue weighted by Crippen LogP contribution is 2.50. The van der Waals surface area contributed by atoms with Crippen LogP contribution in [-0.2, 0) is 6.18 Å². The molecule has 2 N–H and O–H groups in total. The number of benzene rings is 1. The maximum absolute atomic E-state index is 13.0. The van der Waals surface area contributed by atoms with E-state index >= 15 is 0 Å². The largest absolute Gasteiger partial charge is 0.416 e. The molecule has 1 amide bonds. The van der Waals surface area contributed by atoms with Crippen molar-refractivity contribution in [2.24, 2.45) is 11.7 Å². The molecule has 2 saturated heterocycles. The number of rotatable bonds is 2. The van der Waals surface area contributed by atoms with E-state index in [1.807, 2.05) is 0 Å². The van der Waals surface area contributed by atoms with Gasteiger partial charge in [0, 0.05) is 18.7 Å². The number of halogens is 3. The van der Waals surface area contributed by atoms with Gasteiger partial charge in [-0.3, -0.25) is 4.79 Å². The van der Waals surface area contributed by atoms with Crippen LogP contribution in [0.25, 0.3) is 0 Å². The fourth-order valence-corrected chi connectivity index (χ4v) is 3.61. The van der Waals surface area contributed by atoms with Gasteiger partial charge in [0.25, 0.3) is 5.91 Å². The molecule has 0 radical (unpaired) electrons. The van der Waals surface area contributed by atoms with E-state index < -0.39 is 11.7 Å². The van der Waals surface area contributed by atoms with E-state index in [2.05, 4.69) is 0 Å². The van der Waals surface area contributed by atoms with Gasteiger partial charge in [-0.05, 0) is 43.4 Å². The molecule has 3 aliphatic rings. The van der Waals surface area contributed by atoms with Crippen molar-refractivity contribution in [3.63, 3.8) is 0 Å². The molecule has 0 aromatic heterocycles. The number of carbonyl (C=O) groups excluding carboxylic acids is 1. The molecule has 2 aliphatic heterocycles. The van der Waals surface area contributed by atoms with Crippen molar-refractivity contribution < 1.29 is 18.0 Å². The van der Waals surface area contributed by atoms with Crippen molar-refractivity contribution in [3.8, 4) is 0 Å². The lowest BCUT2D eigenvalue weighted by molar-refractivity contribution is -0.138. The minimum Gasteiger partial charge on any atom is -0.331 e. The van der Waals surface area contributed by atoms with Gasteiger partial charge in [-0.25, -0.2) is 0 Å². The second-order valence-corrected chi connectivity index (χ2v) is 6.15. The predicted molar refractivity (Wildman–Crippen MR) is 71.7 cm³/mol. The third-order valence-electron chi connectivity index (χ3n) is 4.77. The van der Waals surface area contributed by atoms with Crippen molar-refractivity contribution in [1.82, 2.24) is 4.90 Å². The molecule has 3 nitrogen and oxygen atoms in total. The van der Waals surface area contributed by atoms with Crippen LogP contribution in [0.4, 0.5) is 13.2 Å².